The molecular weight excluding hydrogens is 310 g/mol. The van der Waals surface area contributed by atoms with E-state index in [1.54, 1.807) is 18.5 Å². The van der Waals surface area contributed by atoms with Gasteiger partial charge in [-0.3, -0.25) is 4.79 Å². The van der Waals surface area contributed by atoms with Crippen molar-refractivity contribution in [3.05, 3.63) is 52.7 Å². The molecule has 0 aliphatic carbocycles. The lowest BCUT2D eigenvalue weighted by Gasteiger charge is -1.99. The molecule has 0 spiro atoms. The number of furan rings is 1. The maximum Gasteiger partial charge on any atom is 0.287 e. The number of carbonyl (C=O) groups is 1. The van der Waals surface area contributed by atoms with Gasteiger partial charge in [0, 0.05) is 17.8 Å². The van der Waals surface area contributed by atoms with E-state index in [9.17, 15) is 4.79 Å². The minimum absolute atomic E-state index is 0.264. The summed E-state index contributed by atoms with van der Waals surface area (Å²) in [7, 11) is 0. The number of amides is 1. The van der Waals surface area contributed by atoms with Crippen molar-refractivity contribution in [3.63, 3.8) is 0 Å². The zero-order valence-electron chi connectivity index (χ0n) is 9.81. The zero-order valence-corrected chi connectivity index (χ0v) is 11.4. The van der Waals surface area contributed by atoms with Crippen molar-refractivity contribution in [2.75, 3.05) is 0 Å². The number of para-hydroxylation sites is 1. The van der Waals surface area contributed by atoms with Crippen molar-refractivity contribution in [2.24, 2.45) is 0 Å². The molecule has 0 saturated heterocycles. The van der Waals surface area contributed by atoms with Crippen LogP contribution in [0.5, 0.6) is 0 Å². The molecule has 1 aromatic carbocycles. The number of hydrogen-bond donors (Lipinski definition) is 2. The summed E-state index contributed by atoms with van der Waals surface area (Å²) in [4.78, 5) is 18.9. The van der Waals surface area contributed by atoms with Gasteiger partial charge in [0.05, 0.1) is 11.0 Å². The molecule has 19 heavy (non-hydrogen) atoms. The molecule has 96 valence electrons. The molecule has 2 heterocycles. The van der Waals surface area contributed by atoms with Gasteiger partial charge in [0.15, 0.2) is 5.76 Å². The van der Waals surface area contributed by atoms with Crippen molar-refractivity contribution in [1.29, 1.82) is 0 Å². The van der Waals surface area contributed by atoms with Gasteiger partial charge in [0.2, 0.25) is 0 Å². The second-order valence-corrected chi connectivity index (χ2v) is 4.84. The van der Waals surface area contributed by atoms with Crippen LogP contribution in [0.2, 0.25) is 0 Å². The number of hydrogen-bond acceptors (Lipinski definition) is 3. The maximum absolute atomic E-state index is 12.0. The van der Waals surface area contributed by atoms with Crippen LogP contribution in [0.15, 0.2) is 45.5 Å². The third kappa shape index (κ3) is 2.39. The number of nitrogens with zero attached hydrogens (tertiary/aromatic N) is 1. The fraction of sp³-hybridized carbons (Fsp3) is 0.0769. The molecule has 0 bridgehead atoms. The molecular formula is C13H10BrN3O2. The highest BCUT2D eigenvalue weighted by Crippen LogP contribution is 2.26. The van der Waals surface area contributed by atoms with E-state index < -0.39 is 0 Å². The Bertz CT molecular complexity index is 719. The van der Waals surface area contributed by atoms with E-state index in [1.807, 2.05) is 18.2 Å². The van der Waals surface area contributed by atoms with Crippen LogP contribution in [0.4, 0.5) is 0 Å². The standard InChI is InChI=1S/C13H10BrN3O2/c14-9-3-1-2-8-6-10(19-12(8)9)13(18)17-7-11-15-4-5-16-11/h1-6H,7H2,(H,15,16)(H,17,18). The number of aromatic nitrogens is 2. The first kappa shape index (κ1) is 12.0. The van der Waals surface area contributed by atoms with Crippen molar-refractivity contribution in [1.82, 2.24) is 15.3 Å². The van der Waals surface area contributed by atoms with Crippen LogP contribution in [0, 0.1) is 0 Å². The lowest BCUT2D eigenvalue weighted by Crippen LogP contribution is -2.22. The Morgan fingerprint density at radius 1 is 1.47 bits per heavy atom. The number of aromatic amines is 1. The highest BCUT2D eigenvalue weighted by atomic mass is 79.9. The van der Waals surface area contributed by atoms with Gasteiger partial charge in [-0.15, -0.1) is 0 Å². The number of imidazole rings is 1. The molecule has 5 nitrogen and oxygen atoms in total. The van der Waals surface area contributed by atoms with E-state index in [-0.39, 0.29) is 11.7 Å². The number of carbonyl (C=O) groups excluding carboxylic acids is 1. The molecule has 0 radical (unpaired) electrons. The topological polar surface area (TPSA) is 70.9 Å². The largest absolute Gasteiger partial charge is 0.450 e. The number of fused-ring (bicyclic) bond motifs is 1. The van der Waals surface area contributed by atoms with Crippen LogP contribution in [0.3, 0.4) is 0 Å². The average molecular weight is 320 g/mol. The van der Waals surface area contributed by atoms with E-state index in [4.69, 9.17) is 4.42 Å². The minimum atomic E-state index is -0.264. The number of H-pyrrole nitrogens is 1. The van der Waals surface area contributed by atoms with Gasteiger partial charge in [-0.2, -0.15) is 0 Å². The Balaban J connectivity index is 1.80. The van der Waals surface area contributed by atoms with Gasteiger partial charge in [-0.1, -0.05) is 12.1 Å². The third-order valence-corrected chi connectivity index (χ3v) is 3.32. The van der Waals surface area contributed by atoms with Gasteiger partial charge in [0.1, 0.15) is 11.4 Å². The van der Waals surface area contributed by atoms with Crippen LogP contribution < -0.4 is 5.32 Å². The second kappa shape index (κ2) is 4.89. The number of halogens is 1. The van der Waals surface area contributed by atoms with Gasteiger partial charge in [0.25, 0.3) is 5.91 Å². The number of nitrogens with one attached hydrogen (secondary N) is 2. The molecule has 0 saturated carbocycles. The van der Waals surface area contributed by atoms with E-state index in [0.29, 0.717) is 18.0 Å². The smallest absolute Gasteiger partial charge is 0.287 e. The van der Waals surface area contributed by atoms with E-state index in [0.717, 1.165) is 9.86 Å². The first-order chi connectivity index (χ1) is 9.24. The summed E-state index contributed by atoms with van der Waals surface area (Å²) in [5.74, 6) is 0.721. The summed E-state index contributed by atoms with van der Waals surface area (Å²) in [6.45, 7) is 0.337. The van der Waals surface area contributed by atoms with Crippen molar-refractivity contribution in [3.8, 4) is 0 Å². The molecule has 1 amide bonds. The molecule has 0 atom stereocenters. The van der Waals surface area contributed by atoms with Gasteiger partial charge in [-0.05, 0) is 28.1 Å². The minimum Gasteiger partial charge on any atom is -0.450 e. The van der Waals surface area contributed by atoms with Crippen LogP contribution >= 0.6 is 15.9 Å². The van der Waals surface area contributed by atoms with E-state index in [1.165, 1.54) is 0 Å². The third-order valence-electron chi connectivity index (χ3n) is 2.69. The van der Waals surface area contributed by atoms with Gasteiger partial charge in [-0.25, -0.2) is 4.98 Å². The van der Waals surface area contributed by atoms with E-state index in [2.05, 4.69) is 31.2 Å². The van der Waals surface area contributed by atoms with Crippen LogP contribution in [-0.4, -0.2) is 15.9 Å². The highest BCUT2D eigenvalue weighted by molar-refractivity contribution is 9.10. The van der Waals surface area contributed by atoms with Crippen LogP contribution in [0.25, 0.3) is 11.0 Å². The molecule has 3 rings (SSSR count). The lowest BCUT2D eigenvalue weighted by atomic mass is 10.2. The summed E-state index contributed by atoms with van der Waals surface area (Å²) in [5.41, 5.74) is 0.672. The first-order valence-electron chi connectivity index (χ1n) is 5.68. The van der Waals surface area contributed by atoms with E-state index >= 15 is 0 Å². The second-order valence-electron chi connectivity index (χ2n) is 3.99. The maximum atomic E-state index is 12.0. The molecule has 0 fully saturated rings. The zero-order chi connectivity index (χ0) is 13.2. The van der Waals surface area contributed by atoms with Gasteiger partial charge >= 0.3 is 0 Å². The normalized spacial score (nSPS) is 10.8. The number of benzene rings is 1. The summed E-state index contributed by atoms with van der Waals surface area (Å²) in [5, 5.41) is 3.63. The molecule has 0 unspecified atom stereocenters. The molecule has 0 aliphatic rings. The molecule has 0 aliphatic heterocycles. The van der Waals surface area contributed by atoms with Crippen molar-refractivity contribution < 1.29 is 9.21 Å². The molecule has 6 heteroatoms. The molecule has 2 aromatic heterocycles. The summed E-state index contributed by atoms with van der Waals surface area (Å²) < 4.78 is 6.37. The molecule has 3 aromatic rings. The fourth-order valence-electron chi connectivity index (χ4n) is 1.79. The highest BCUT2D eigenvalue weighted by Gasteiger charge is 2.13. The summed E-state index contributed by atoms with van der Waals surface area (Å²) in [6, 6.07) is 7.38. The Morgan fingerprint density at radius 3 is 3.11 bits per heavy atom. The summed E-state index contributed by atoms with van der Waals surface area (Å²) in [6.07, 6.45) is 3.35. The molecule has 2 N–H and O–H groups in total. The number of rotatable bonds is 3. The Kier molecular flexibility index (Phi) is 3.08. The SMILES string of the molecule is O=C(NCc1ncc[nH]1)c1cc2cccc(Br)c2o1. The first-order valence-corrected chi connectivity index (χ1v) is 6.48. The Morgan fingerprint density at radius 2 is 2.37 bits per heavy atom. The Hall–Kier alpha value is -2.08. The van der Waals surface area contributed by atoms with Gasteiger partial charge < -0.3 is 14.7 Å². The lowest BCUT2D eigenvalue weighted by molar-refractivity contribution is 0.0924. The quantitative estimate of drug-likeness (QED) is 0.779. The fourth-order valence-corrected chi connectivity index (χ4v) is 2.25. The Labute approximate surface area is 117 Å². The monoisotopic (exact) mass is 319 g/mol. The predicted octanol–water partition coefficient (Wildman–Crippen LogP) is 2.85. The van der Waals surface area contributed by atoms with Crippen molar-refractivity contribution >= 4 is 32.8 Å². The van der Waals surface area contributed by atoms with Crippen molar-refractivity contribution in [2.45, 2.75) is 6.54 Å². The average Bonchev–Trinajstić information content (AvgIpc) is 3.05. The predicted molar refractivity (Wildman–Crippen MR) is 73.7 cm³/mol. The summed E-state index contributed by atoms with van der Waals surface area (Å²) >= 11 is 3.39. The van der Waals surface area contributed by atoms with Crippen LogP contribution in [0.1, 0.15) is 16.4 Å². The van der Waals surface area contributed by atoms with Crippen LogP contribution in [-0.2, 0) is 6.54 Å².